The Kier molecular flexibility index (Phi) is 6.07. The molecule has 0 spiro atoms. The molecule has 4 rings (SSSR count). The molecule has 2 aromatic heterocycles. The van der Waals surface area contributed by atoms with Crippen molar-refractivity contribution in [3.8, 4) is 17.0 Å². The lowest BCUT2D eigenvalue weighted by Crippen LogP contribution is -2.33. The lowest BCUT2D eigenvalue weighted by atomic mass is 10.0. The Balaban J connectivity index is 1.40. The van der Waals surface area contributed by atoms with Gasteiger partial charge >= 0.3 is 0 Å². The van der Waals surface area contributed by atoms with E-state index in [9.17, 15) is 9.59 Å². The third-order valence-electron chi connectivity index (χ3n) is 5.30. The summed E-state index contributed by atoms with van der Waals surface area (Å²) in [6, 6.07) is 15.5. The van der Waals surface area contributed by atoms with Crippen LogP contribution >= 0.6 is 0 Å². The third kappa shape index (κ3) is 4.72. The number of aromatic nitrogens is 3. The van der Waals surface area contributed by atoms with Gasteiger partial charge in [-0.15, -0.1) is 0 Å². The zero-order chi connectivity index (χ0) is 22.7. The summed E-state index contributed by atoms with van der Waals surface area (Å²) in [4.78, 5) is 25.0. The highest BCUT2D eigenvalue weighted by Gasteiger charge is 2.11. The van der Waals surface area contributed by atoms with Crippen molar-refractivity contribution in [2.45, 2.75) is 27.3 Å². The number of ether oxygens (including phenoxy) is 1. The van der Waals surface area contributed by atoms with Crippen molar-refractivity contribution in [3.63, 3.8) is 0 Å². The minimum Gasteiger partial charge on any atom is -0.484 e. The quantitative estimate of drug-likeness (QED) is 0.488. The van der Waals surface area contributed by atoms with Crippen LogP contribution in [0.2, 0.25) is 0 Å². The first-order valence-corrected chi connectivity index (χ1v) is 10.5. The molecule has 164 valence electrons. The van der Waals surface area contributed by atoms with Crippen LogP contribution in [0, 0.1) is 20.8 Å². The molecule has 7 heteroatoms. The maximum absolute atomic E-state index is 12.9. The van der Waals surface area contributed by atoms with Crippen molar-refractivity contribution < 1.29 is 9.53 Å². The monoisotopic (exact) mass is 430 g/mol. The first kappa shape index (κ1) is 21.4. The van der Waals surface area contributed by atoms with Gasteiger partial charge in [0.15, 0.2) is 6.61 Å². The fourth-order valence-electron chi connectivity index (χ4n) is 3.66. The number of hydrogen-bond acceptors (Lipinski definition) is 4. The molecule has 0 atom stereocenters. The average molecular weight is 431 g/mol. The molecule has 0 saturated heterocycles. The molecule has 0 fully saturated rings. The number of hydrogen-bond donors (Lipinski definition) is 1. The Labute approximate surface area is 186 Å². The molecule has 4 aromatic rings. The molecule has 0 aliphatic heterocycles. The Morgan fingerprint density at radius 1 is 1.03 bits per heavy atom. The zero-order valence-electron chi connectivity index (χ0n) is 18.5. The second kappa shape index (κ2) is 9.09. The summed E-state index contributed by atoms with van der Waals surface area (Å²) in [7, 11) is 0. The van der Waals surface area contributed by atoms with E-state index in [1.54, 1.807) is 21.5 Å². The number of rotatable bonds is 7. The van der Waals surface area contributed by atoms with Gasteiger partial charge < -0.3 is 14.6 Å². The summed E-state index contributed by atoms with van der Waals surface area (Å²) in [6.07, 6.45) is 3.44. The molecule has 0 radical (unpaired) electrons. The van der Waals surface area contributed by atoms with Gasteiger partial charge in [-0.3, -0.25) is 9.59 Å². The molecule has 1 amide bonds. The highest BCUT2D eigenvalue weighted by Crippen LogP contribution is 2.23. The third-order valence-corrected chi connectivity index (χ3v) is 5.30. The van der Waals surface area contributed by atoms with E-state index in [2.05, 4.69) is 16.5 Å². The SMILES string of the molecule is Cc1cccc(OCC(=O)NCCn2ccn3nc(-c4ccc(C)cc4C)cc3c2=O)c1. The number of benzene rings is 2. The van der Waals surface area contributed by atoms with E-state index in [0.29, 0.717) is 24.4 Å². The normalized spacial score (nSPS) is 11.0. The molecule has 2 heterocycles. The van der Waals surface area contributed by atoms with E-state index < -0.39 is 0 Å². The van der Waals surface area contributed by atoms with Gasteiger partial charge in [-0.25, -0.2) is 4.52 Å². The Morgan fingerprint density at radius 2 is 1.84 bits per heavy atom. The van der Waals surface area contributed by atoms with Gasteiger partial charge in [-0.05, 0) is 50.1 Å². The van der Waals surface area contributed by atoms with Crippen LogP contribution in [0.25, 0.3) is 16.8 Å². The van der Waals surface area contributed by atoms with Crippen LogP contribution in [-0.4, -0.2) is 33.2 Å². The van der Waals surface area contributed by atoms with E-state index >= 15 is 0 Å². The first-order valence-electron chi connectivity index (χ1n) is 10.5. The summed E-state index contributed by atoms with van der Waals surface area (Å²) < 4.78 is 8.68. The molecule has 7 nitrogen and oxygen atoms in total. The highest BCUT2D eigenvalue weighted by atomic mass is 16.5. The lowest BCUT2D eigenvalue weighted by Gasteiger charge is -2.09. The maximum Gasteiger partial charge on any atom is 0.276 e. The smallest absolute Gasteiger partial charge is 0.276 e. The van der Waals surface area contributed by atoms with Crippen molar-refractivity contribution in [1.82, 2.24) is 19.5 Å². The highest BCUT2D eigenvalue weighted by molar-refractivity contribution is 5.77. The van der Waals surface area contributed by atoms with Crippen LogP contribution in [-0.2, 0) is 11.3 Å². The van der Waals surface area contributed by atoms with Gasteiger partial charge in [0.25, 0.3) is 11.5 Å². The van der Waals surface area contributed by atoms with Gasteiger partial charge in [0.05, 0.1) is 5.69 Å². The number of carbonyl (C=O) groups is 1. The second-order valence-corrected chi connectivity index (χ2v) is 7.93. The van der Waals surface area contributed by atoms with E-state index in [1.165, 1.54) is 5.56 Å². The summed E-state index contributed by atoms with van der Waals surface area (Å²) >= 11 is 0. The van der Waals surface area contributed by atoms with Gasteiger partial charge in [0, 0.05) is 31.0 Å². The molecule has 2 aromatic carbocycles. The van der Waals surface area contributed by atoms with E-state index in [-0.39, 0.29) is 18.1 Å². The zero-order valence-corrected chi connectivity index (χ0v) is 18.5. The molecule has 0 saturated carbocycles. The number of carbonyl (C=O) groups excluding carboxylic acids is 1. The van der Waals surface area contributed by atoms with Gasteiger partial charge in [0.1, 0.15) is 11.3 Å². The van der Waals surface area contributed by atoms with Crippen LogP contribution in [0.5, 0.6) is 5.75 Å². The molecule has 0 unspecified atom stereocenters. The summed E-state index contributed by atoms with van der Waals surface area (Å²) in [5.41, 5.74) is 5.48. The molecule has 0 aliphatic carbocycles. The summed E-state index contributed by atoms with van der Waals surface area (Å²) in [5.74, 6) is 0.421. The van der Waals surface area contributed by atoms with Crippen molar-refractivity contribution >= 4 is 11.4 Å². The van der Waals surface area contributed by atoms with Crippen LogP contribution in [0.4, 0.5) is 0 Å². The molecule has 0 bridgehead atoms. The second-order valence-electron chi connectivity index (χ2n) is 7.93. The fourth-order valence-corrected chi connectivity index (χ4v) is 3.66. The van der Waals surface area contributed by atoms with Crippen LogP contribution < -0.4 is 15.6 Å². The van der Waals surface area contributed by atoms with Crippen molar-refractivity contribution in [2.24, 2.45) is 0 Å². The standard InChI is InChI=1S/C25H26N4O3/c1-17-5-4-6-20(14-17)32-16-24(30)26-9-10-28-11-12-29-23(25(28)31)15-22(27-29)21-8-7-18(2)13-19(21)3/h4-8,11-15H,9-10,16H2,1-3H3,(H,26,30). The number of amides is 1. The minimum absolute atomic E-state index is 0.0702. The van der Waals surface area contributed by atoms with Gasteiger partial charge in [-0.2, -0.15) is 5.10 Å². The topological polar surface area (TPSA) is 77.6 Å². The van der Waals surface area contributed by atoms with E-state index in [0.717, 1.165) is 22.4 Å². The molecular weight excluding hydrogens is 404 g/mol. The predicted octanol–water partition coefficient (Wildman–Crippen LogP) is 3.28. The van der Waals surface area contributed by atoms with E-state index in [1.807, 2.05) is 63.2 Å². The number of nitrogens with zero attached hydrogens (tertiary/aromatic N) is 3. The summed E-state index contributed by atoms with van der Waals surface area (Å²) in [6.45, 7) is 6.66. The van der Waals surface area contributed by atoms with Crippen LogP contribution in [0.1, 0.15) is 16.7 Å². The van der Waals surface area contributed by atoms with Gasteiger partial charge in [-0.1, -0.05) is 35.9 Å². The Bertz CT molecular complexity index is 1340. The Hall–Kier alpha value is -3.87. The minimum atomic E-state index is -0.234. The average Bonchev–Trinajstić information content (AvgIpc) is 3.19. The molecular formula is C25H26N4O3. The number of aryl methyl sites for hydroxylation is 3. The maximum atomic E-state index is 12.9. The lowest BCUT2D eigenvalue weighted by molar-refractivity contribution is -0.123. The molecule has 32 heavy (non-hydrogen) atoms. The fraction of sp³-hybridized carbons (Fsp3) is 0.240. The van der Waals surface area contributed by atoms with Crippen LogP contribution in [0.15, 0.2) is 65.7 Å². The predicted molar refractivity (Wildman–Crippen MR) is 124 cm³/mol. The Morgan fingerprint density at radius 3 is 2.62 bits per heavy atom. The van der Waals surface area contributed by atoms with Crippen molar-refractivity contribution in [1.29, 1.82) is 0 Å². The number of fused-ring (bicyclic) bond motifs is 1. The van der Waals surface area contributed by atoms with Crippen molar-refractivity contribution in [2.75, 3.05) is 13.2 Å². The van der Waals surface area contributed by atoms with Crippen LogP contribution in [0.3, 0.4) is 0 Å². The first-order chi connectivity index (χ1) is 15.4. The van der Waals surface area contributed by atoms with Gasteiger partial charge in [0.2, 0.25) is 0 Å². The van der Waals surface area contributed by atoms with Crippen molar-refractivity contribution in [3.05, 3.63) is 88.0 Å². The molecule has 1 N–H and O–H groups in total. The largest absolute Gasteiger partial charge is 0.484 e. The van der Waals surface area contributed by atoms with E-state index in [4.69, 9.17) is 4.74 Å². The summed E-state index contributed by atoms with van der Waals surface area (Å²) in [5, 5.41) is 7.35. The number of nitrogens with one attached hydrogen (secondary N) is 1. The molecule has 0 aliphatic rings.